The average molecular weight is 483 g/mol. The molecule has 34 heavy (non-hydrogen) atoms. The van der Waals surface area contributed by atoms with Gasteiger partial charge in [0, 0.05) is 35.6 Å². The zero-order valence-electron chi connectivity index (χ0n) is 18.7. The van der Waals surface area contributed by atoms with Gasteiger partial charge in [0.15, 0.2) is 0 Å². The van der Waals surface area contributed by atoms with Crippen LogP contribution in [0.15, 0.2) is 65.6 Å². The molecule has 2 aromatic carbocycles. The van der Waals surface area contributed by atoms with Crippen LogP contribution in [0.1, 0.15) is 18.9 Å². The minimum atomic E-state index is -0.749. The molecule has 4 rings (SSSR count). The van der Waals surface area contributed by atoms with E-state index in [1.54, 1.807) is 42.6 Å². The Labute approximate surface area is 201 Å². The molecule has 0 aliphatic carbocycles. The Kier molecular flexibility index (Phi) is 6.70. The Morgan fingerprint density at radius 3 is 2.50 bits per heavy atom. The summed E-state index contributed by atoms with van der Waals surface area (Å²) in [5, 5.41) is 5.91. The number of amides is 3. The molecule has 1 saturated heterocycles. The molecule has 2 atom stereocenters. The molecule has 1 aromatic heterocycles. The molecule has 3 aromatic rings. The van der Waals surface area contributed by atoms with E-state index < -0.39 is 23.8 Å². The highest BCUT2D eigenvalue weighted by Gasteiger charge is 2.38. The minimum absolute atomic E-state index is 0.0212. The van der Waals surface area contributed by atoms with Crippen molar-refractivity contribution in [2.75, 3.05) is 17.2 Å². The molecule has 176 valence electrons. The van der Waals surface area contributed by atoms with E-state index in [1.807, 2.05) is 13.8 Å². The smallest absolute Gasteiger partial charge is 0.322 e. The summed E-state index contributed by atoms with van der Waals surface area (Å²) in [5.74, 6) is -1.05. The number of nitrogens with zero attached hydrogens (tertiary/aromatic N) is 2. The first-order valence-corrected chi connectivity index (χ1v) is 11.2. The van der Waals surface area contributed by atoms with Gasteiger partial charge in [0.2, 0.25) is 5.91 Å². The summed E-state index contributed by atoms with van der Waals surface area (Å²) in [6, 6.07) is 12.7. The molecule has 0 bridgehead atoms. The number of aryl methyl sites for hydroxylation is 1. The predicted molar refractivity (Wildman–Crippen MR) is 130 cm³/mol. The lowest BCUT2D eigenvalue weighted by molar-refractivity contribution is -0.119. The Morgan fingerprint density at radius 1 is 1.06 bits per heavy atom. The van der Waals surface area contributed by atoms with Crippen LogP contribution in [0.2, 0.25) is 5.02 Å². The first-order valence-electron chi connectivity index (χ1n) is 10.8. The van der Waals surface area contributed by atoms with E-state index in [1.165, 1.54) is 27.7 Å². The van der Waals surface area contributed by atoms with Crippen molar-refractivity contribution < 1.29 is 14.0 Å². The van der Waals surface area contributed by atoms with Crippen molar-refractivity contribution in [3.05, 3.63) is 87.6 Å². The Hall–Kier alpha value is -3.65. The molecule has 2 unspecified atom stereocenters. The molecule has 7 nitrogen and oxygen atoms in total. The number of urea groups is 1. The van der Waals surface area contributed by atoms with Gasteiger partial charge < -0.3 is 15.5 Å². The Balaban J connectivity index is 1.49. The molecular formula is C25H24ClFN4O3. The highest BCUT2D eigenvalue weighted by atomic mass is 35.5. The maximum Gasteiger partial charge on any atom is 0.322 e. The number of aromatic nitrogens is 1. The van der Waals surface area contributed by atoms with Gasteiger partial charge in [-0.05, 0) is 61.2 Å². The highest BCUT2D eigenvalue weighted by Crippen LogP contribution is 2.26. The highest BCUT2D eigenvalue weighted by molar-refractivity contribution is 6.30. The monoisotopic (exact) mass is 482 g/mol. The standard InChI is InChI=1S/C25H24ClFN4O3/c1-15-3-10-23(32)30(13-15)19-8-9-21(20(27)12-19)29-24(33)22-11-16(2)14-31(22)25(34)28-18-6-4-17(26)5-7-18/h3-10,12-13,16,22H,11,14H2,1-2H3,(H,28,34)(H,29,33). The van der Waals surface area contributed by atoms with Gasteiger partial charge >= 0.3 is 6.03 Å². The van der Waals surface area contributed by atoms with Crippen LogP contribution < -0.4 is 16.2 Å². The minimum Gasteiger partial charge on any atom is -0.322 e. The van der Waals surface area contributed by atoms with E-state index in [0.29, 0.717) is 29.4 Å². The van der Waals surface area contributed by atoms with Crippen LogP contribution in [0.5, 0.6) is 0 Å². The molecule has 1 aliphatic heterocycles. The molecule has 1 aliphatic rings. The van der Waals surface area contributed by atoms with Crippen LogP contribution >= 0.6 is 11.6 Å². The number of likely N-dealkylation sites (tertiary alicyclic amines) is 1. The fourth-order valence-electron chi connectivity index (χ4n) is 4.01. The van der Waals surface area contributed by atoms with Crippen molar-refractivity contribution in [2.24, 2.45) is 5.92 Å². The van der Waals surface area contributed by atoms with Gasteiger partial charge in [0.05, 0.1) is 11.4 Å². The third-order valence-electron chi connectivity index (χ3n) is 5.72. The number of halogens is 2. The molecule has 3 amide bonds. The van der Waals surface area contributed by atoms with Crippen LogP contribution in [-0.4, -0.2) is 34.0 Å². The van der Waals surface area contributed by atoms with Crippen molar-refractivity contribution in [3.63, 3.8) is 0 Å². The van der Waals surface area contributed by atoms with E-state index in [4.69, 9.17) is 11.6 Å². The maximum absolute atomic E-state index is 14.8. The van der Waals surface area contributed by atoms with Gasteiger partial charge in [-0.3, -0.25) is 14.2 Å². The van der Waals surface area contributed by atoms with Crippen LogP contribution in [0.3, 0.4) is 0 Å². The van der Waals surface area contributed by atoms with Gasteiger partial charge in [0.25, 0.3) is 5.56 Å². The van der Waals surface area contributed by atoms with E-state index in [9.17, 15) is 18.8 Å². The molecule has 9 heteroatoms. The predicted octanol–water partition coefficient (Wildman–Crippen LogP) is 4.82. The number of benzene rings is 2. The van der Waals surface area contributed by atoms with E-state index in [-0.39, 0.29) is 17.2 Å². The summed E-state index contributed by atoms with van der Waals surface area (Å²) in [6.45, 7) is 4.18. The average Bonchev–Trinajstić information content (AvgIpc) is 3.20. The third kappa shape index (κ3) is 5.12. The Bertz CT molecular complexity index is 1290. The van der Waals surface area contributed by atoms with Gasteiger partial charge in [-0.25, -0.2) is 9.18 Å². The quantitative estimate of drug-likeness (QED) is 0.559. The lowest BCUT2D eigenvalue weighted by Gasteiger charge is -2.24. The fourth-order valence-corrected chi connectivity index (χ4v) is 4.14. The molecule has 1 fully saturated rings. The first-order chi connectivity index (χ1) is 16.2. The summed E-state index contributed by atoms with van der Waals surface area (Å²) in [6.07, 6.45) is 2.07. The topological polar surface area (TPSA) is 83.4 Å². The van der Waals surface area contributed by atoms with Crippen molar-refractivity contribution in [3.8, 4) is 5.69 Å². The molecular weight excluding hydrogens is 459 g/mol. The van der Waals surface area contributed by atoms with Crippen LogP contribution in [0.4, 0.5) is 20.6 Å². The van der Waals surface area contributed by atoms with Crippen molar-refractivity contribution >= 4 is 34.9 Å². The van der Waals surface area contributed by atoms with Crippen LogP contribution in [-0.2, 0) is 4.79 Å². The molecule has 2 heterocycles. The summed E-state index contributed by atoms with van der Waals surface area (Å²) in [5.41, 5.74) is 1.45. The second-order valence-electron chi connectivity index (χ2n) is 8.51. The molecule has 2 N–H and O–H groups in total. The van der Waals surface area contributed by atoms with Crippen LogP contribution in [0, 0.1) is 18.7 Å². The largest absolute Gasteiger partial charge is 0.322 e. The number of hydrogen-bond donors (Lipinski definition) is 2. The van der Waals surface area contributed by atoms with E-state index in [2.05, 4.69) is 10.6 Å². The van der Waals surface area contributed by atoms with Crippen molar-refractivity contribution in [2.45, 2.75) is 26.3 Å². The summed E-state index contributed by atoms with van der Waals surface area (Å²) < 4.78 is 16.2. The first kappa shape index (κ1) is 23.5. The zero-order valence-corrected chi connectivity index (χ0v) is 19.5. The Morgan fingerprint density at radius 2 is 1.79 bits per heavy atom. The SMILES string of the molecule is Cc1ccc(=O)n(-c2ccc(NC(=O)C3CC(C)CN3C(=O)Nc3ccc(Cl)cc3)c(F)c2)c1. The molecule has 0 radical (unpaired) electrons. The number of carbonyl (C=O) groups is 2. The van der Waals surface area contributed by atoms with Gasteiger partial charge in [-0.1, -0.05) is 24.6 Å². The number of carbonyl (C=O) groups excluding carboxylic acids is 2. The maximum atomic E-state index is 14.8. The van der Waals surface area contributed by atoms with Gasteiger partial charge in [0.1, 0.15) is 11.9 Å². The second-order valence-corrected chi connectivity index (χ2v) is 8.95. The lowest BCUT2D eigenvalue weighted by Crippen LogP contribution is -2.45. The van der Waals surface area contributed by atoms with Gasteiger partial charge in [-0.15, -0.1) is 0 Å². The van der Waals surface area contributed by atoms with E-state index in [0.717, 1.165) is 5.56 Å². The molecule has 0 spiro atoms. The summed E-state index contributed by atoms with van der Waals surface area (Å²) >= 11 is 5.88. The summed E-state index contributed by atoms with van der Waals surface area (Å²) in [7, 11) is 0. The fraction of sp³-hybridized carbons (Fsp3) is 0.240. The van der Waals surface area contributed by atoms with Crippen molar-refractivity contribution in [1.29, 1.82) is 0 Å². The number of rotatable bonds is 4. The molecule has 0 saturated carbocycles. The number of hydrogen-bond acceptors (Lipinski definition) is 3. The number of pyridine rings is 1. The third-order valence-corrected chi connectivity index (χ3v) is 5.97. The normalized spacial score (nSPS) is 17.5. The second kappa shape index (κ2) is 9.69. The van der Waals surface area contributed by atoms with Crippen molar-refractivity contribution in [1.82, 2.24) is 9.47 Å². The van der Waals surface area contributed by atoms with E-state index >= 15 is 0 Å². The van der Waals surface area contributed by atoms with Gasteiger partial charge in [-0.2, -0.15) is 0 Å². The number of anilines is 2. The number of nitrogens with one attached hydrogen (secondary N) is 2. The lowest BCUT2D eigenvalue weighted by atomic mass is 10.1. The zero-order chi connectivity index (χ0) is 24.4. The summed E-state index contributed by atoms with van der Waals surface area (Å²) in [4.78, 5) is 39.4. The van der Waals surface area contributed by atoms with Crippen LogP contribution in [0.25, 0.3) is 5.69 Å².